The Morgan fingerprint density at radius 3 is 2.31 bits per heavy atom. The second-order valence-electron chi connectivity index (χ2n) is 7.05. The van der Waals surface area contributed by atoms with Gasteiger partial charge in [-0.05, 0) is 12.1 Å². The molecule has 3 heterocycles. The molecule has 6 heteroatoms. The first-order valence-corrected chi connectivity index (χ1v) is 9.09. The summed E-state index contributed by atoms with van der Waals surface area (Å²) in [5.41, 5.74) is 2.56. The summed E-state index contributed by atoms with van der Waals surface area (Å²) in [4.78, 5) is 8.33. The van der Waals surface area contributed by atoms with E-state index in [2.05, 4.69) is 26.5 Å². The summed E-state index contributed by atoms with van der Waals surface area (Å²) in [7, 11) is 0. The van der Waals surface area contributed by atoms with E-state index in [-0.39, 0.29) is 5.52 Å². The summed E-state index contributed by atoms with van der Waals surface area (Å²) < 4.78 is 42.5. The molecule has 0 N–H and O–H groups in total. The first-order valence-electron chi connectivity index (χ1n) is 9.09. The van der Waals surface area contributed by atoms with Gasteiger partial charge in [-0.25, -0.2) is 9.97 Å². The van der Waals surface area contributed by atoms with Gasteiger partial charge in [-0.15, -0.1) is 0 Å². The van der Waals surface area contributed by atoms with E-state index in [0.717, 1.165) is 38.8 Å². The molecule has 3 aromatic heterocycles. The molecule has 0 unspecified atom stereocenters. The molecule has 0 saturated heterocycles. The van der Waals surface area contributed by atoms with Gasteiger partial charge in [0.2, 0.25) is 0 Å². The molecule has 0 aliphatic rings. The summed E-state index contributed by atoms with van der Waals surface area (Å²) >= 11 is 0. The largest absolute Gasteiger partial charge is 0.418 e. The number of rotatable bonds is 1. The van der Waals surface area contributed by atoms with Crippen molar-refractivity contribution in [1.82, 2.24) is 14.4 Å². The van der Waals surface area contributed by atoms with Crippen LogP contribution in [0.4, 0.5) is 13.2 Å². The fraction of sp³-hybridized carbons (Fsp3) is 0.0435. The van der Waals surface area contributed by atoms with E-state index in [1.54, 1.807) is 6.07 Å². The van der Waals surface area contributed by atoms with Gasteiger partial charge in [0.25, 0.3) is 0 Å². The zero-order chi connectivity index (χ0) is 19.8. The standard InChI is InChI=1S/C23H12F3N3/c24-23(25,26)18-9-4-8-16-20(27-12-28-21(16)18)17-11-29-19-10-2-1-5-13(19)14-6-3-7-15(17)22(14)29/h1-12H. The summed E-state index contributed by atoms with van der Waals surface area (Å²) in [5, 5.41) is 3.60. The molecule has 0 radical (unpaired) electrons. The monoisotopic (exact) mass is 387 g/mol. The number of aromatic nitrogens is 3. The second kappa shape index (κ2) is 5.44. The number of para-hydroxylation sites is 3. The van der Waals surface area contributed by atoms with Crippen LogP contribution in [0.15, 0.2) is 73.2 Å². The van der Waals surface area contributed by atoms with Gasteiger partial charge in [-0.2, -0.15) is 13.2 Å². The van der Waals surface area contributed by atoms with Crippen molar-refractivity contribution in [3.8, 4) is 11.3 Å². The number of fused-ring (bicyclic) bond motifs is 4. The summed E-state index contributed by atoms with van der Waals surface area (Å²) in [6.45, 7) is 0. The molecule has 0 aliphatic carbocycles. The van der Waals surface area contributed by atoms with Crippen molar-refractivity contribution in [3.05, 3.63) is 78.8 Å². The van der Waals surface area contributed by atoms with Crippen molar-refractivity contribution in [2.75, 3.05) is 0 Å². The van der Waals surface area contributed by atoms with Crippen LogP contribution < -0.4 is 0 Å². The molecule has 0 atom stereocenters. The van der Waals surface area contributed by atoms with Crippen LogP contribution in [0, 0.1) is 0 Å². The lowest BCUT2D eigenvalue weighted by atomic mass is 10.0. The Hall–Kier alpha value is -3.67. The predicted octanol–water partition coefficient (Wildman–Crippen LogP) is 6.31. The number of benzene rings is 3. The van der Waals surface area contributed by atoms with Crippen molar-refractivity contribution < 1.29 is 13.2 Å². The maximum absolute atomic E-state index is 13.5. The average Bonchev–Trinajstić information content (AvgIpc) is 3.26. The van der Waals surface area contributed by atoms with E-state index in [1.165, 1.54) is 12.4 Å². The average molecular weight is 387 g/mol. The zero-order valence-corrected chi connectivity index (χ0v) is 14.9. The SMILES string of the molecule is FC(F)(F)c1cccc2c(-c3cn4c5ccccc5c5cccc3c54)ncnc12. The molecular weight excluding hydrogens is 375 g/mol. The number of hydrogen-bond acceptors (Lipinski definition) is 2. The molecule has 3 aromatic carbocycles. The van der Waals surface area contributed by atoms with Gasteiger partial charge >= 0.3 is 6.18 Å². The molecule has 140 valence electrons. The molecule has 0 spiro atoms. The van der Waals surface area contributed by atoms with Gasteiger partial charge in [0.15, 0.2) is 0 Å². The number of hydrogen-bond donors (Lipinski definition) is 0. The van der Waals surface area contributed by atoms with Gasteiger partial charge in [0.1, 0.15) is 6.33 Å². The van der Waals surface area contributed by atoms with Gasteiger partial charge in [0, 0.05) is 33.3 Å². The Bertz CT molecular complexity index is 1550. The van der Waals surface area contributed by atoms with Crippen molar-refractivity contribution in [2.24, 2.45) is 0 Å². The highest BCUT2D eigenvalue weighted by Gasteiger charge is 2.33. The van der Waals surface area contributed by atoms with Crippen molar-refractivity contribution in [3.63, 3.8) is 0 Å². The molecule has 29 heavy (non-hydrogen) atoms. The first-order chi connectivity index (χ1) is 14.0. The predicted molar refractivity (Wildman–Crippen MR) is 107 cm³/mol. The van der Waals surface area contributed by atoms with E-state index in [1.807, 2.05) is 36.5 Å². The van der Waals surface area contributed by atoms with Crippen LogP contribution in [0.1, 0.15) is 5.56 Å². The van der Waals surface area contributed by atoms with Crippen LogP contribution in [0.2, 0.25) is 0 Å². The molecule has 0 amide bonds. The van der Waals surface area contributed by atoms with Crippen molar-refractivity contribution >= 4 is 38.1 Å². The molecule has 0 saturated carbocycles. The van der Waals surface area contributed by atoms with Crippen LogP contribution in [-0.4, -0.2) is 14.4 Å². The van der Waals surface area contributed by atoms with Crippen LogP contribution >= 0.6 is 0 Å². The van der Waals surface area contributed by atoms with E-state index >= 15 is 0 Å². The van der Waals surface area contributed by atoms with E-state index in [4.69, 9.17) is 0 Å². The van der Waals surface area contributed by atoms with E-state index in [0.29, 0.717) is 11.1 Å². The minimum atomic E-state index is -4.48. The summed E-state index contributed by atoms with van der Waals surface area (Å²) in [6.07, 6.45) is -1.31. The third kappa shape index (κ3) is 2.14. The molecule has 0 aliphatic heterocycles. The molecule has 0 bridgehead atoms. The van der Waals surface area contributed by atoms with Crippen molar-refractivity contribution in [1.29, 1.82) is 0 Å². The maximum Gasteiger partial charge on any atom is 0.418 e. The van der Waals surface area contributed by atoms with Crippen LogP contribution in [0.25, 0.3) is 49.4 Å². The highest BCUT2D eigenvalue weighted by atomic mass is 19.4. The third-order valence-corrected chi connectivity index (χ3v) is 5.50. The third-order valence-electron chi connectivity index (χ3n) is 5.50. The van der Waals surface area contributed by atoms with Gasteiger partial charge < -0.3 is 4.40 Å². The van der Waals surface area contributed by atoms with Crippen LogP contribution in [0.3, 0.4) is 0 Å². The van der Waals surface area contributed by atoms with E-state index in [9.17, 15) is 13.2 Å². The lowest BCUT2D eigenvalue weighted by Gasteiger charge is -2.11. The summed E-state index contributed by atoms with van der Waals surface area (Å²) in [5.74, 6) is 0. The van der Waals surface area contributed by atoms with Gasteiger partial charge in [-0.3, -0.25) is 0 Å². The quantitative estimate of drug-likeness (QED) is 0.331. The minimum absolute atomic E-state index is 0.0838. The molecule has 6 aromatic rings. The second-order valence-corrected chi connectivity index (χ2v) is 7.05. The Balaban J connectivity index is 1.74. The molecule has 6 rings (SSSR count). The van der Waals surface area contributed by atoms with Crippen LogP contribution in [-0.2, 0) is 6.18 Å². The molecular formula is C23H12F3N3. The number of nitrogens with zero attached hydrogens (tertiary/aromatic N) is 3. The molecule has 3 nitrogen and oxygen atoms in total. The van der Waals surface area contributed by atoms with Gasteiger partial charge in [-0.1, -0.05) is 48.5 Å². The Kier molecular flexibility index (Phi) is 3.06. The Morgan fingerprint density at radius 1 is 0.724 bits per heavy atom. The highest BCUT2D eigenvalue weighted by Crippen LogP contribution is 2.41. The fourth-order valence-corrected chi connectivity index (χ4v) is 4.32. The lowest BCUT2D eigenvalue weighted by Crippen LogP contribution is -2.07. The van der Waals surface area contributed by atoms with Gasteiger partial charge in [0.05, 0.1) is 27.8 Å². The number of halogens is 3. The smallest absolute Gasteiger partial charge is 0.315 e. The minimum Gasteiger partial charge on any atom is -0.315 e. The zero-order valence-electron chi connectivity index (χ0n) is 14.9. The fourth-order valence-electron chi connectivity index (χ4n) is 4.32. The highest BCUT2D eigenvalue weighted by molar-refractivity contribution is 6.18. The Labute approximate surface area is 162 Å². The number of alkyl halides is 3. The topological polar surface area (TPSA) is 30.2 Å². The van der Waals surface area contributed by atoms with Crippen LogP contribution in [0.5, 0.6) is 0 Å². The Morgan fingerprint density at radius 2 is 1.45 bits per heavy atom. The van der Waals surface area contributed by atoms with Crippen molar-refractivity contribution in [2.45, 2.75) is 6.18 Å². The maximum atomic E-state index is 13.5. The van der Waals surface area contributed by atoms with E-state index < -0.39 is 11.7 Å². The molecule has 0 fully saturated rings. The first kappa shape index (κ1) is 16.3. The lowest BCUT2D eigenvalue weighted by molar-refractivity contribution is -0.136. The summed E-state index contributed by atoms with van der Waals surface area (Å²) in [6, 6.07) is 18.2. The normalized spacial score (nSPS) is 12.7.